The minimum atomic E-state index is -1.72. The van der Waals surface area contributed by atoms with E-state index in [1.165, 1.54) is 70.3 Å². The number of carbonyl (C=O) groups is 6. The van der Waals surface area contributed by atoms with E-state index in [0.717, 1.165) is 102 Å². The van der Waals surface area contributed by atoms with Gasteiger partial charge in [-0.3, -0.25) is 29.0 Å². The van der Waals surface area contributed by atoms with Crippen molar-refractivity contribution in [3.63, 3.8) is 0 Å². The molecule has 0 spiro atoms. The fourth-order valence-corrected chi connectivity index (χ4v) is 14.5. The Morgan fingerprint density at radius 3 is 1.36 bits per heavy atom. The van der Waals surface area contributed by atoms with Gasteiger partial charge in [0.1, 0.15) is 11.2 Å². The summed E-state index contributed by atoms with van der Waals surface area (Å²) in [5, 5.41) is 7.48. The highest BCUT2D eigenvalue weighted by molar-refractivity contribution is 6.31. The fraction of sp³-hybridized carbons (Fsp3) is 0.667. The van der Waals surface area contributed by atoms with E-state index in [0.29, 0.717) is 36.3 Å². The topological polar surface area (TPSA) is 228 Å². The summed E-state index contributed by atoms with van der Waals surface area (Å²) in [5.74, 6) is -11.1. The van der Waals surface area contributed by atoms with Crippen molar-refractivity contribution in [2.75, 3.05) is 102 Å². The van der Waals surface area contributed by atoms with E-state index >= 15 is 0 Å². The van der Waals surface area contributed by atoms with E-state index in [4.69, 9.17) is 53.6 Å². The van der Waals surface area contributed by atoms with Gasteiger partial charge in [-0.1, -0.05) is 151 Å². The van der Waals surface area contributed by atoms with Gasteiger partial charge in [0.2, 0.25) is 23.6 Å². The van der Waals surface area contributed by atoms with Crippen molar-refractivity contribution >= 4 is 70.1 Å². The number of unbranched alkanes of at least 4 members (excludes halogenated alkanes) is 14. The predicted octanol–water partition coefficient (Wildman–Crippen LogP) is 8.40. The third-order valence-corrected chi connectivity index (χ3v) is 19.2. The monoisotopic (exact) mass is 1230 g/mol. The Kier molecular flexibility index (Phi) is 25.5. The summed E-state index contributed by atoms with van der Waals surface area (Å²) in [4.78, 5) is 93.2. The lowest BCUT2D eigenvalue weighted by Crippen LogP contribution is -2.54. The molecule has 4 bridgehead atoms. The van der Waals surface area contributed by atoms with Crippen molar-refractivity contribution in [3.05, 3.63) is 82.9 Å². The summed E-state index contributed by atoms with van der Waals surface area (Å²) in [7, 11) is 0. The van der Waals surface area contributed by atoms with Gasteiger partial charge >= 0.3 is 11.9 Å². The zero-order chi connectivity index (χ0) is 61.1. The van der Waals surface area contributed by atoms with Crippen LogP contribution in [0, 0.1) is 35.5 Å². The first-order chi connectivity index (χ1) is 41.6. The van der Waals surface area contributed by atoms with Crippen molar-refractivity contribution in [1.29, 1.82) is 0 Å². The number of hydrogen-bond acceptors (Lipinski definition) is 14. The largest absolute Gasteiger partial charge is 0.445 e. The number of nitrogens with zero attached hydrogens (tertiary/aromatic N) is 4. The van der Waals surface area contributed by atoms with Crippen LogP contribution in [-0.2, 0) is 47.7 Å². The molecular formula is C66H96Cl2N8O10. The Hall–Kier alpha value is -5.24. The first-order valence-electron chi connectivity index (χ1n) is 32.3. The number of ether oxygens (including phenoxy) is 4. The van der Waals surface area contributed by atoms with Gasteiger partial charge in [0.15, 0.2) is 0 Å². The zero-order valence-electron chi connectivity index (χ0n) is 51.0. The molecular weight excluding hydrogens is 1140 g/mol. The number of piperazine rings is 2. The number of esters is 2. The van der Waals surface area contributed by atoms with Crippen molar-refractivity contribution in [3.8, 4) is 0 Å². The normalized spacial score (nSPS) is 25.8. The van der Waals surface area contributed by atoms with Gasteiger partial charge < -0.3 is 50.8 Å². The lowest BCUT2D eigenvalue weighted by molar-refractivity contribution is -0.186. The number of primary amides is 2. The standard InChI is InChI=1S/C66H96Cl2N8O10/c1-3-5-7-9-11-13-15-17-37-83-53(45-73-29-33-75(34-30-73)51-23-19-21-49(67)39-51)43-71-61(79)56-48-26-27-65(42-48,57(56)60(70)78)85-63(81)64(82)86-66-28-25-47(41-66)55(59(69)77)58(66)62(80)72-44-54(84-38-18-16-14-12-10-8-6-4-2)46-74-31-35-76(36-32-74)52-24-20-22-50(68)40-52/h19-28,39-40,47-48,53-58H,3-18,29-38,41-46H2,1-2H3,(H2,69,77)(H2,70,78)(H,71,79)(H,72,80). The zero-order valence-corrected chi connectivity index (χ0v) is 52.5. The molecule has 6 aliphatic rings. The van der Waals surface area contributed by atoms with E-state index in [1.807, 2.05) is 36.4 Å². The number of benzene rings is 2. The second-order valence-electron chi connectivity index (χ2n) is 24.9. The SMILES string of the molecule is CCCCCCCCCCOC(CNC(=O)C1C2C=CC(OC(=O)C(=O)OC34C=CC(C3)C(C(N)=O)C4C(=O)NCC(CN3CCN(c4cccc(Cl)c4)CC3)OCCCCCCCCCC)(C2)C1C(N)=O)CN1CCN(c2cccc(Cl)c2)CC1. The quantitative estimate of drug-likeness (QED) is 0.0218. The molecule has 4 fully saturated rings. The van der Waals surface area contributed by atoms with E-state index in [1.54, 1.807) is 18.2 Å². The Labute approximate surface area is 520 Å². The molecule has 18 nitrogen and oxygen atoms in total. The number of nitrogens with one attached hydrogen (secondary N) is 2. The molecule has 2 heterocycles. The first-order valence-corrected chi connectivity index (χ1v) is 33.1. The molecule has 10 unspecified atom stereocenters. The smallest absolute Gasteiger partial charge is 0.418 e. The van der Waals surface area contributed by atoms with Gasteiger partial charge in [0.05, 0.1) is 35.9 Å². The van der Waals surface area contributed by atoms with Crippen molar-refractivity contribution in [1.82, 2.24) is 20.4 Å². The van der Waals surface area contributed by atoms with E-state index in [2.05, 4.69) is 56.2 Å². The molecule has 2 aromatic rings. The van der Waals surface area contributed by atoms with E-state index in [9.17, 15) is 28.8 Å². The maximum absolute atomic E-state index is 14.6. The van der Waals surface area contributed by atoms with Gasteiger partial charge in [-0.25, -0.2) is 9.59 Å². The van der Waals surface area contributed by atoms with Gasteiger partial charge in [0, 0.05) is 113 Å². The molecule has 6 N–H and O–H groups in total. The third-order valence-electron chi connectivity index (χ3n) is 18.7. The number of nitrogens with two attached hydrogens (primary N) is 2. The molecule has 8 rings (SSSR count). The molecule has 474 valence electrons. The number of hydrogen-bond donors (Lipinski definition) is 4. The predicted molar refractivity (Wildman–Crippen MR) is 335 cm³/mol. The van der Waals surface area contributed by atoms with Gasteiger partial charge in [-0.15, -0.1) is 0 Å². The molecule has 0 radical (unpaired) electrons. The molecule has 4 amide bonds. The van der Waals surface area contributed by atoms with Gasteiger partial charge in [-0.05, 0) is 86.1 Å². The fourth-order valence-electron chi connectivity index (χ4n) is 14.1. The van der Waals surface area contributed by atoms with Crippen LogP contribution < -0.4 is 31.9 Å². The number of amides is 4. The lowest BCUT2D eigenvalue weighted by atomic mass is 9.79. The molecule has 2 aliphatic heterocycles. The Morgan fingerprint density at radius 2 is 0.942 bits per heavy atom. The van der Waals surface area contributed by atoms with Crippen LogP contribution in [0.1, 0.15) is 129 Å². The highest BCUT2D eigenvalue weighted by atomic mass is 35.5. The number of rotatable bonds is 36. The lowest BCUT2D eigenvalue weighted by Gasteiger charge is -2.38. The molecule has 4 aliphatic carbocycles. The Morgan fingerprint density at radius 1 is 0.535 bits per heavy atom. The summed E-state index contributed by atoms with van der Waals surface area (Å²) in [6.07, 6.45) is 24.3. The maximum atomic E-state index is 14.6. The van der Waals surface area contributed by atoms with Crippen LogP contribution in [0.3, 0.4) is 0 Å². The average Bonchev–Trinajstić information content (AvgIpc) is 1.71. The number of fused-ring (bicyclic) bond motifs is 4. The van der Waals surface area contributed by atoms with Crippen LogP contribution in [-0.4, -0.2) is 161 Å². The molecule has 2 saturated heterocycles. The minimum absolute atomic E-state index is 0.0365. The third kappa shape index (κ3) is 18.0. The van der Waals surface area contributed by atoms with Crippen LogP contribution >= 0.6 is 23.2 Å². The second kappa shape index (κ2) is 32.8. The summed E-state index contributed by atoms with van der Waals surface area (Å²) in [6, 6.07) is 15.7. The highest BCUT2D eigenvalue weighted by Crippen LogP contribution is 2.55. The number of halogens is 2. The second-order valence-corrected chi connectivity index (χ2v) is 25.8. The summed E-state index contributed by atoms with van der Waals surface area (Å²) >= 11 is 12.6. The van der Waals surface area contributed by atoms with E-state index < -0.39 is 88.4 Å². The Balaban J connectivity index is 0.875. The van der Waals surface area contributed by atoms with Crippen molar-refractivity contribution in [2.45, 2.75) is 153 Å². The minimum Gasteiger partial charge on any atom is -0.445 e. The molecule has 2 saturated carbocycles. The summed E-state index contributed by atoms with van der Waals surface area (Å²) in [5.41, 5.74) is 10.8. The van der Waals surface area contributed by atoms with Crippen LogP contribution in [0.2, 0.25) is 10.0 Å². The molecule has 2 aromatic carbocycles. The molecule has 86 heavy (non-hydrogen) atoms. The van der Waals surface area contributed by atoms with Crippen LogP contribution in [0.25, 0.3) is 0 Å². The molecule has 10 atom stereocenters. The number of carbonyl (C=O) groups excluding carboxylic acids is 6. The van der Waals surface area contributed by atoms with Crippen LogP contribution in [0.5, 0.6) is 0 Å². The van der Waals surface area contributed by atoms with Crippen LogP contribution in [0.4, 0.5) is 11.4 Å². The van der Waals surface area contributed by atoms with Gasteiger partial charge in [-0.2, -0.15) is 0 Å². The maximum Gasteiger partial charge on any atom is 0.418 e. The molecule has 0 aromatic heterocycles. The average molecular weight is 1230 g/mol. The van der Waals surface area contributed by atoms with Crippen molar-refractivity contribution < 1.29 is 47.7 Å². The highest BCUT2D eigenvalue weighted by Gasteiger charge is 2.65. The first kappa shape index (κ1) is 66.7. The molecule has 20 heteroatoms. The van der Waals surface area contributed by atoms with Crippen LogP contribution in [0.15, 0.2) is 72.8 Å². The number of allylic oxidation sites excluding steroid dienone is 2. The number of anilines is 2. The van der Waals surface area contributed by atoms with Crippen molar-refractivity contribution in [2.24, 2.45) is 47.0 Å². The van der Waals surface area contributed by atoms with Gasteiger partial charge in [0.25, 0.3) is 0 Å². The summed E-state index contributed by atoms with van der Waals surface area (Å²) in [6.45, 7) is 13.2. The summed E-state index contributed by atoms with van der Waals surface area (Å²) < 4.78 is 25.0. The Bertz CT molecular complexity index is 2630. The van der Waals surface area contributed by atoms with E-state index in [-0.39, 0.29) is 32.0 Å².